The Labute approximate surface area is 133 Å². The highest BCUT2D eigenvalue weighted by Gasteiger charge is 2.43. The molecule has 1 aliphatic rings. The van der Waals surface area contributed by atoms with E-state index in [1.165, 1.54) is 4.90 Å². The van der Waals surface area contributed by atoms with Gasteiger partial charge in [-0.25, -0.2) is 4.90 Å². The topological polar surface area (TPSA) is 40.6 Å². The Kier molecular flexibility index (Phi) is 4.15. The zero-order valence-electron chi connectivity index (χ0n) is 12.2. The Morgan fingerprint density at radius 3 is 2.18 bits per heavy atom. The molecule has 0 radical (unpaired) electrons. The molecule has 0 N–H and O–H groups in total. The number of imide groups is 1. The zero-order valence-corrected chi connectivity index (χ0v) is 13.0. The Balaban J connectivity index is 1.90. The number of likely N-dealkylation sites (N-methyl/N-ethyl adjacent to an activating group) is 1. The summed E-state index contributed by atoms with van der Waals surface area (Å²) in [5, 5.41) is -0.740. The average Bonchev–Trinajstić information content (AvgIpc) is 2.85. The summed E-state index contributed by atoms with van der Waals surface area (Å²) in [6, 6.07) is 18.8. The third-order valence-electron chi connectivity index (χ3n) is 3.55. The minimum Gasteiger partial charge on any atom is -0.351 e. The van der Waals surface area contributed by atoms with Crippen molar-refractivity contribution in [3.63, 3.8) is 0 Å². The molecule has 1 aliphatic heterocycles. The lowest BCUT2D eigenvalue weighted by atomic mass is 10.2. The van der Waals surface area contributed by atoms with Crippen LogP contribution in [0.1, 0.15) is 6.92 Å². The summed E-state index contributed by atoms with van der Waals surface area (Å²) in [4.78, 5) is 28.2. The van der Waals surface area contributed by atoms with Gasteiger partial charge in [0, 0.05) is 12.2 Å². The van der Waals surface area contributed by atoms with Crippen molar-refractivity contribution in [2.24, 2.45) is 0 Å². The molecule has 4 nitrogen and oxygen atoms in total. The standard InChI is InChI=1S/C17H16N2O2S/c1-2-18(13-9-5-3-6-10-13)16-15(20)19(17(21)22-16)14-11-7-4-8-12-14/h3-12,16H,2H2,1H3. The predicted molar refractivity (Wildman–Crippen MR) is 90.2 cm³/mol. The van der Waals surface area contributed by atoms with Gasteiger partial charge in [-0.2, -0.15) is 0 Å². The van der Waals surface area contributed by atoms with Gasteiger partial charge in [-0.15, -0.1) is 0 Å². The number of benzene rings is 2. The van der Waals surface area contributed by atoms with Crippen molar-refractivity contribution in [3.8, 4) is 0 Å². The lowest BCUT2D eigenvalue weighted by Crippen LogP contribution is -2.41. The van der Waals surface area contributed by atoms with Crippen LogP contribution < -0.4 is 9.80 Å². The van der Waals surface area contributed by atoms with Crippen molar-refractivity contribution in [1.29, 1.82) is 0 Å². The van der Waals surface area contributed by atoms with Crippen LogP contribution in [0.3, 0.4) is 0 Å². The van der Waals surface area contributed by atoms with E-state index < -0.39 is 5.37 Å². The number of carbonyl (C=O) groups is 2. The SMILES string of the molecule is CCN(c1ccccc1)C1SC(=O)N(c2ccccc2)C1=O. The van der Waals surface area contributed by atoms with Gasteiger partial charge in [-0.05, 0) is 43.0 Å². The Bertz CT molecular complexity index is 676. The van der Waals surface area contributed by atoms with Gasteiger partial charge in [-0.1, -0.05) is 36.4 Å². The summed E-state index contributed by atoms with van der Waals surface area (Å²) in [7, 11) is 0. The monoisotopic (exact) mass is 312 g/mol. The molecule has 1 saturated heterocycles. The van der Waals surface area contributed by atoms with Gasteiger partial charge in [0.25, 0.3) is 11.1 Å². The molecule has 1 unspecified atom stereocenters. The van der Waals surface area contributed by atoms with Crippen LogP contribution in [0.25, 0.3) is 0 Å². The van der Waals surface area contributed by atoms with Gasteiger partial charge < -0.3 is 4.90 Å². The molecule has 2 amide bonds. The highest BCUT2D eigenvalue weighted by molar-refractivity contribution is 8.16. The van der Waals surface area contributed by atoms with Gasteiger partial charge in [-0.3, -0.25) is 9.59 Å². The minimum absolute atomic E-state index is 0.188. The zero-order chi connectivity index (χ0) is 15.5. The third kappa shape index (κ3) is 2.60. The van der Waals surface area contributed by atoms with E-state index in [9.17, 15) is 9.59 Å². The van der Waals surface area contributed by atoms with Gasteiger partial charge >= 0.3 is 0 Å². The first-order valence-corrected chi connectivity index (χ1v) is 8.01. The van der Waals surface area contributed by atoms with Crippen LogP contribution in [0.15, 0.2) is 60.7 Å². The highest BCUT2D eigenvalue weighted by Crippen LogP contribution is 2.35. The van der Waals surface area contributed by atoms with Crippen LogP contribution in [-0.2, 0) is 4.79 Å². The molecule has 3 rings (SSSR count). The Hall–Kier alpha value is -2.27. The maximum Gasteiger partial charge on any atom is 0.295 e. The molecule has 1 heterocycles. The summed E-state index contributed by atoms with van der Waals surface area (Å²) in [5.41, 5.74) is 1.56. The van der Waals surface area contributed by atoms with E-state index >= 15 is 0 Å². The molecular weight excluding hydrogens is 296 g/mol. The Morgan fingerprint density at radius 2 is 1.59 bits per heavy atom. The first-order chi connectivity index (χ1) is 10.7. The molecule has 0 aliphatic carbocycles. The molecule has 0 aromatic heterocycles. The molecule has 0 bridgehead atoms. The van der Waals surface area contributed by atoms with Gasteiger partial charge in [0.1, 0.15) is 0 Å². The minimum atomic E-state index is -0.514. The quantitative estimate of drug-likeness (QED) is 0.862. The van der Waals surface area contributed by atoms with Crippen LogP contribution in [0, 0.1) is 0 Å². The second kappa shape index (κ2) is 6.23. The van der Waals surface area contributed by atoms with Gasteiger partial charge in [0.05, 0.1) is 5.69 Å². The number of thioether (sulfide) groups is 1. The number of hydrogen-bond donors (Lipinski definition) is 0. The van der Waals surface area contributed by atoms with Crippen molar-refractivity contribution < 1.29 is 9.59 Å². The van der Waals surface area contributed by atoms with E-state index in [2.05, 4.69) is 0 Å². The van der Waals surface area contributed by atoms with E-state index in [0.717, 1.165) is 17.4 Å². The number of anilines is 2. The molecule has 0 saturated carbocycles. The van der Waals surface area contributed by atoms with Crippen molar-refractivity contribution in [1.82, 2.24) is 0 Å². The van der Waals surface area contributed by atoms with E-state index in [4.69, 9.17) is 0 Å². The third-order valence-corrected chi connectivity index (χ3v) is 4.62. The predicted octanol–water partition coefficient (Wildman–Crippen LogP) is 3.74. The average molecular weight is 312 g/mol. The summed E-state index contributed by atoms with van der Waals surface area (Å²) >= 11 is 1.07. The number of amides is 2. The fourth-order valence-corrected chi connectivity index (χ4v) is 3.60. The summed E-state index contributed by atoms with van der Waals surface area (Å²) in [6.45, 7) is 2.64. The van der Waals surface area contributed by atoms with Crippen LogP contribution in [0.5, 0.6) is 0 Å². The number of hydrogen-bond acceptors (Lipinski definition) is 4. The summed E-state index contributed by atoms with van der Waals surface area (Å²) in [5.74, 6) is -0.188. The van der Waals surface area contributed by atoms with E-state index in [1.807, 2.05) is 60.4 Å². The Morgan fingerprint density at radius 1 is 1.00 bits per heavy atom. The van der Waals surface area contributed by atoms with E-state index in [1.54, 1.807) is 12.1 Å². The van der Waals surface area contributed by atoms with Gasteiger partial charge in [0.15, 0.2) is 5.37 Å². The number of rotatable bonds is 4. The van der Waals surface area contributed by atoms with Crippen molar-refractivity contribution >= 4 is 34.3 Å². The van der Waals surface area contributed by atoms with Crippen molar-refractivity contribution in [3.05, 3.63) is 60.7 Å². The molecule has 1 fully saturated rings. The molecule has 112 valence electrons. The lowest BCUT2D eigenvalue weighted by Gasteiger charge is -2.27. The molecule has 2 aromatic carbocycles. The molecule has 22 heavy (non-hydrogen) atoms. The second-order valence-corrected chi connectivity index (χ2v) is 5.90. The fraction of sp³-hybridized carbons (Fsp3) is 0.176. The fourth-order valence-electron chi connectivity index (χ4n) is 2.51. The highest BCUT2D eigenvalue weighted by atomic mass is 32.2. The molecule has 2 aromatic rings. The maximum atomic E-state index is 12.7. The van der Waals surface area contributed by atoms with Crippen LogP contribution in [0.2, 0.25) is 0 Å². The normalized spacial score (nSPS) is 17.9. The van der Waals surface area contributed by atoms with Crippen LogP contribution in [-0.4, -0.2) is 23.1 Å². The van der Waals surface area contributed by atoms with Crippen molar-refractivity contribution in [2.75, 3.05) is 16.3 Å². The van der Waals surface area contributed by atoms with Crippen molar-refractivity contribution in [2.45, 2.75) is 12.3 Å². The molecule has 0 spiro atoms. The molecule has 1 atom stereocenters. The van der Waals surface area contributed by atoms with Crippen LogP contribution in [0.4, 0.5) is 16.2 Å². The van der Waals surface area contributed by atoms with E-state index in [-0.39, 0.29) is 11.1 Å². The first kappa shape index (κ1) is 14.7. The lowest BCUT2D eigenvalue weighted by molar-refractivity contribution is -0.117. The number of para-hydroxylation sites is 2. The summed E-state index contributed by atoms with van der Waals surface area (Å²) in [6.07, 6.45) is 0. The maximum absolute atomic E-state index is 12.7. The van der Waals surface area contributed by atoms with Crippen LogP contribution >= 0.6 is 11.8 Å². The molecular formula is C17H16N2O2S. The summed E-state index contributed by atoms with van der Waals surface area (Å²) < 4.78 is 0. The number of nitrogens with zero attached hydrogens (tertiary/aromatic N) is 2. The second-order valence-electron chi connectivity index (χ2n) is 4.87. The first-order valence-electron chi connectivity index (χ1n) is 7.13. The largest absolute Gasteiger partial charge is 0.351 e. The van der Waals surface area contributed by atoms with Gasteiger partial charge in [0.2, 0.25) is 0 Å². The number of carbonyl (C=O) groups excluding carboxylic acids is 2. The smallest absolute Gasteiger partial charge is 0.295 e. The molecule has 5 heteroatoms. The van der Waals surface area contributed by atoms with E-state index in [0.29, 0.717) is 12.2 Å².